The highest BCUT2D eigenvalue weighted by atomic mass is 127. The lowest BCUT2D eigenvalue weighted by molar-refractivity contribution is 0.0948. The van der Waals surface area contributed by atoms with Gasteiger partial charge in [-0.05, 0) is 18.6 Å². The molecule has 3 nitrogen and oxygen atoms in total. The van der Waals surface area contributed by atoms with Crippen molar-refractivity contribution in [2.45, 2.75) is 58.3 Å². The Hall–Kier alpha value is -0.650. The predicted octanol–water partition coefficient (Wildman–Crippen LogP) is 4.57. The molecule has 0 aliphatic rings. The molecule has 20 heavy (non-hydrogen) atoms. The summed E-state index contributed by atoms with van der Waals surface area (Å²) < 4.78 is 0. The zero-order valence-electron chi connectivity index (χ0n) is 12.4. The van der Waals surface area contributed by atoms with Gasteiger partial charge >= 0.3 is 0 Å². The van der Waals surface area contributed by atoms with E-state index in [2.05, 4.69) is 17.2 Å². The molecule has 1 aromatic rings. The van der Waals surface area contributed by atoms with E-state index < -0.39 is 0 Å². The zero-order valence-corrected chi connectivity index (χ0v) is 14.8. The zero-order chi connectivity index (χ0) is 13.8. The van der Waals surface area contributed by atoms with Gasteiger partial charge in [-0.3, -0.25) is 9.78 Å². The molecule has 0 unspecified atom stereocenters. The van der Waals surface area contributed by atoms with Crippen LogP contribution in [-0.4, -0.2) is 17.4 Å². The number of aromatic nitrogens is 1. The second-order valence-corrected chi connectivity index (χ2v) is 4.95. The van der Waals surface area contributed by atoms with E-state index in [4.69, 9.17) is 0 Å². The Morgan fingerprint density at radius 2 is 1.70 bits per heavy atom. The molecule has 1 heterocycles. The van der Waals surface area contributed by atoms with Gasteiger partial charge in [0.2, 0.25) is 0 Å². The van der Waals surface area contributed by atoms with Crippen molar-refractivity contribution in [1.29, 1.82) is 0 Å². The van der Waals surface area contributed by atoms with E-state index in [-0.39, 0.29) is 29.9 Å². The molecule has 0 fully saturated rings. The molecule has 0 radical (unpaired) electrons. The predicted molar refractivity (Wildman–Crippen MR) is 94.6 cm³/mol. The molecular formula is C16H27IN2O. The first-order valence-electron chi connectivity index (χ1n) is 7.54. The number of hydrogen-bond acceptors (Lipinski definition) is 2. The summed E-state index contributed by atoms with van der Waals surface area (Å²) in [7, 11) is 0. The van der Waals surface area contributed by atoms with Crippen molar-refractivity contribution in [1.82, 2.24) is 10.3 Å². The van der Waals surface area contributed by atoms with Gasteiger partial charge in [-0.2, -0.15) is 0 Å². The number of unbranched alkanes of at least 4 members (excludes halogenated alkanes) is 7. The molecule has 0 aliphatic carbocycles. The fourth-order valence-corrected chi connectivity index (χ4v) is 2.05. The van der Waals surface area contributed by atoms with Crippen molar-refractivity contribution in [2.24, 2.45) is 0 Å². The first-order chi connectivity index (χ1) is 9.34. The summed E-state index contributed by atoms with van der Waals surface area (Å²) in [6.45, 7) is 2.99. The first-order valence-corrected chi connectivity index (χ1v) is 7.54. The lowest BCUT2D eigenvalue weighted by atomic mass is 10.1. The van der Waals surface area contributed by atoms with Gasteiger partial charge in [-0.25, -0.2) is 0 Å². The van der Waals surface area contributed by atoms with Gasteiger partial charge in [0.1, 0.15) is 5.69 Å². The Kier molecular flexibility index (Phi) is 12.9. The maximum atomic E-state index is 11.7. The van der Waals surface area contributed by atoms with Crippen molar-refractivity contribution in [2.75, 3.05) is 6.54 Å². The van der Waals surface area contributed by atoms with Crippen molar-refractivity contribution in [3.05, 3.63) is 30.1 Å². The van der Waals surface area contributed by atoms with Crippen LogP contribution in [0.25, 0.3) is 0 Å². The monoisotopic (exact) mass is 390 g/mol. The molecule has 4 heteroatoms. The standard InChI is InChI=1S/C16H26N2O.HI/c1-2-3-4-5-6-7-8-10-14-18-16(19)15-12-9-11-13-17-15;/h9,11-13H,2-8,10,14H2,1H3,(H,18,19);1H. The van der Waals surface area contributed by atoms with E-state index >= 15 is 0 Å². The number of carbonyl (C=O) groups is 1. The molecule has 1 N–H and O–H groups in total. The number of hydrogen-bond donors (Lipinski definition) is 1. The third kappa shape index (κ3) is 9.28. The summed E-state index contributed by atoms with van der Waals surface area (Å²) in [5.74, 6) is -0.0662. The Balaban J connectivity index is 0.00000361. The van der Waals surface area contributed by atoms with Crippen LogP contribution >= 0.6 is 24.0 Å². The molecule has 0 aliphatic heterocycles. The second kappa shape index (κ2) is 13.3. The first kappa shape index (κ1) is 19.4. The van der Waals surface area contributed by atoms with E-state index in [1.807, 2.05) is 12.1 Å². The fourth-order valence-electron chi connectivity index (χ4n) is 2.05. The molecule has 0 saturated heterocycles. The van der Waals surface area contributed by atoms with E-state index in [0.717, 1.165) is 13.0 Å². The third-order valence-electron chi connectivity index (χ3n) is 3.21. The van der Waals surface area contributed by atoms with E-state index in [1.165, 1.54) is 44.9 Å². The number of nitrogens with zero attached hydrogens (tertiary/aromatic N) is 1. The lowest BCUT2D eigenvalue weighted by Gasteiger charge is -2.04. The van der Waals surface area contributed by atoms with Crippen LogP contribution in [0.5, 0.6) is 0 Å². The van der Waals surface area contributed by atoms with E-state index in [0.29, 0.717) is 5.69 Å². The van der Waals surface area contributed by atoms with Gasteiger partial charge < -0.3 is 5.32 Å². The average molecular weight is 390 g/mol. The van der Waals surface area contributed by atoms with Gasteiger partial charge in [-0.15, -0.1) is 24.0 Å². The minimum absolute atomic E-state index is 0. The fraction of sp³-hybridized carbons (Fsp3) is 0.625. The van der Waals surface area contributed by atoms with Gasteiger partial charge in [0.15, 0.2) is 0 Å². The van der Waals surface area contributed by atoms with Crippen molar-refractivity contribution < 1.29 is 4.79 Å². The normalized spacial score (nSPS) is 9.85. The van der Waals surface area contributed by atoms with E-state index in [1.54, 1.807) is 12.3 Å². The summed E-state index contributed by atoms with van der Waals surface area (Å²) in [6.07, 6.45) is 11.9. The minimum Gasteiger partial charge on any atom is -0.351 e. The molecule has 1 amide bonds. The van der Waals surface area contributed by atoms with Crippen molar-refractivity contribution >= 4 is 29.9 Å². The van der Waals surface area contributed by atoms with Crippen LogP contribution in [0, 0.1) is 0 Å². The number of rotatable bonds is 10. The van der Waals surface area contributed by atoms with Crippen LogP contribution in [-0.2, 0) is 0 Å². The average Bonchev–Trinajstić information content (AvgIpc) is 2.46. The number of amides is 1. The molecule has 0 aromatic carbocycles. The molecule has 0 atom stereocenters. The van der Waals surface area contributed by atoms with Crippen LogP contribution in [0.3, 0.4) is 0 Å². The number of nitrogens with one attached hydrogen (secondary N) is 1. The van der Waals surface area contributed by atoms with Crippen LogP contribution in [0.15, 0.2) is 24.4 Å². The quantitative estimate of drug-likeness (QED) is 0.470. The SMILES string of the molecule is CCCCCCCCCCNC(=O)c1ccccn1.I. The van der Waals surface area contributed by atoms with E-state index in [9.17, 15) is 4.79 Å². The van der Waals surface area contributed by atoms with Crippen LogP contribution in [0.1, 0.15) is 68.8 Å². The highest BCUT2D eigenvalue weighted by Crippen LogP contribution is 2.07. The highest BCUT2D eigenvalue weighted by molar-refractivity contribution is 14.0. The Morgan fingerprint density at radius 1 is 1.05 bits per heavy atom. The van der Waals surface area contributed by atoms with Crippen LogP contribution < -0.4 is 5.32 Å². The van der Waals surface area contributed by atoms with Crippen molar-refractivity contribution in [3.8, 4) is 0 Å². The lowest BCUT2D eigenvalue weighted by Crippen LogP contribution is -2.25. The largest absolute Gasteiger partial charge is 0.351 e. The topological polar surface area (TPSA) is 42.0 Å². The summed E-state index contributed by atoms with van der Waals surface area (Å²) in [5, 5.41) is 2.91. The second-order valence-electron chi connectivity index (χ2n) is 4.95. The molecular weight excluding hydrogens is 363 g/mol. The number of pyridine rings is 1. The number of halogens is 1. The maximum absolute atomic E-state index is 11.7. The highest BCUT2D eigenvalue weighted by Gasteiger charge is 2.03. The van der Waals surface area contributed by atoms with Gasteiger partial charge in [-0.1, -0.05) is 57.9 Å². The third-order valence-corrected chi connectivity index (χ3v) is 3.21. The Labute approximate surface area is 140 Å². The smallest absolute Gasteiger partial charge is 0.269 e. The molecule has 114 valence electrons. The van der Waals surface area contributed by atoms with Gasteiger partial charge in [0, 0.05) is 12.7 Å². The van der Waals surface area contributed by atoms with Gasteiger partial charge in [0.25, 0.3) is 5.91 Å². The summed E-state index contributed by atoms with van der Waals surface area (Å²) >= 11 is 0. The molecule has 0 saturated carbocycles. The Morgan fingerprint density at radius 3 is 2.30 bits per heavy atom. The van der Waals surface area contributed by atoms with Crippen molar-refractivity contribution in [3.63, 3.8) is 0 Å². The van der Waals surface area contributed by atoms with Crippen LogP contribution in [0.4, 0.5) is 0 Å². The Bertz CT molecular complexity index is 344. The molecule has 0 bridgehead atoms. The summed E-state index contributed by atoms with van der Waals surface area (Å²) in [4.78, 5) is 15.7. The molecule has 0 spiro atoms. The van der Waals surface area contributed by atoms with Crippen LogP contribution in [0.2, 0.25) is 0 Å². The molecule has 1 rings (SSSR count). The van der Waals surface area contributed by atoms with Gasteiger partial charge in [0.05, 0.1) is 0 Å². The number of carbonyl (C=O) groups excluding carboxylic acids is 1. The summed E-state index contributed by atoms with van der Waals surface area (Å²) in [5.41, 5.74) is 0.502. The summed E-state index contributed by atoms with van der Waals surface area (Å²) in [6, 6.07) is 5.39. The minimum atomic E-state index is -0.0662. The maximum Gasteiger partial charge on any atom is 0.269 e. The molecule has 1 aromatic heterocycles.